The van der Waals surface area contributed by atoms with E-state index in [1.807, 2.05) is 21.1 Å². The Bertz CT molecular complexity index is 537. The van der Waals surface area contributed by atoms with Crippen molar-refractivity contribution >= 4 is 11.8 Å². The Balaban J connectivity index is 2.58. The fraction of sp³-hybridized carbons (Fsp3) is 0.786. The Morgan fingerprint density at radius 1 is 1.29 bits per heavy atom. The highest BCUT2D eigenvalue weighted by molar-refractivity contribution is 5.87. The molecule has 136 valence electrons. The number of aromatic nitrogens is 4. The van der Waals surface area contributed by atoms with Gasteiger partial charge in [-0.25, -0.2) is 0 Å². The third-order valence-electron chi connectivity index (χ3n) is 3.19. The molecule has 10 nitrogen and oxygen atoms in total. The summed E-state index contributed by atoms with van der Waals surface area (Å²) >= 11 is 0. The predicted molar refractivity (Wildman–Crippen MR) is 88.4 cm³/mol. The summed E-state index contributed by atoms with van der Waals surface area (Å²) in [5.41, 5.74) is 5.50. The van der Waals surface area contributed by atoms with Gasteiger partial charge in [-0.2, -0.15) is 4.80 Å². The van der Waals surface area contributed by atoms with Gasteiger partial charge in [0.05, 0.1) is 34.7 Å². The normalized spacial score (nSPS) is 12.7. The van der Waals surface area contributed by atoms with Crippen molar-refractivity contribution in [2.24, 2.45) is 12.8 Å². The second-order valence-electron chi connectivity index (χ2n) is 6.77. The lowest BCUT2D eigenvalue weighted by Gasteiger charge is -2.25. The molecule has 0 aliphatic carbocycles. The summed E-state index contributed by atoms with van der Waals surface area (Å²) in [5.74, 6) is 0.00602. The van der Waals surface area contributed by atoms with Gasteiger partial charge >= 0.3 is 0 Å². The van der Waals surface area contributed by atoms with Crippen molar-refractivity contribution in [2.45, 2.75) is 31.8 Å². The maximum absolute atomic E-state index is 12.4. The molecule has 1 aromatic heterocycles. The summed E-state index contributed by atoms with van der Waals surface area (Å²) in [6, 6.07) is -0.590. The Morgan fingerprint density at radius 3 is 2.54 bits per heavy atom. The second kappa shape index (κ2) is 9.28. The fourth-order valence-corrected chi connectivity index (χ4v) is 2.12. The first-order chi connectivity index (χ1) is 11.2. The standard InChI is InChI=1S/C14H28N8O2/c1-21-19-12(18-20-21)9-16-14(24)11(7-5-6-8-15)17-13(23)10-22(2,3)4/h11H,5-10,15H2,1-4H3,(H-,16,17,23,24)/p+1. The van der Waals surface area contributed by atoms with Crippen LogP contribution in [0.4, 0.5) is 0 Å². The fourth-order valence-electron chi connectivity index (χ4n) is 2.12. The Labute approximate surface area is 142 Å². The van der Waals surface area contributed by atoms with Gasteiger partial charge in [0.1, 0.15) is 6.04 Å². The molecule has 0 bridgehead atoms. The number of nitrogens with two attached hydrogens (primary N) is 1. The molecule has 0 saturated heterocycles. The zero-order chi connectivity index (χ0) is 18.2. The highest BCUT2D eigenvalue weighted by Gasteiger charge is 2.23. The van der Waals surface area contributed by atoms with E-state index >= 15 is 0 Å². The van der Waals surface area contributed by atoms with Gasteiger partial charge in [-0.05, 0) is 31.0 Å². The van der Waals surface area contributed by atoms with Gasteiger partial charge in [0.2, 0.25) is 5.91 Å². The van der Waals surface area contributed by atoms with Crippen molar-refractivity contribution in [3.8, 4) is 0 Å². The molecule has 0 aliphatic rings. The van der Waals surface area contributed by atoms with Crippen molar-refractivity contribution in [3.63, 3.8) is 0 Å². The number of carbonyl (C=O) groups is 2. The highest BCUT2D eigenvalue weighted by atomic mass is 16.2. The minimum Gasteiger partial charge on any atom is -0.347 e. The van der Waals surface area contributed by atoms with E-state index in [1.165, 1.54) is 4.80 Å². The maximum atomic E-state index is 12.4. The molecule has 2 amide bonds. The number of likely N-dealkylation sites (N-methyl/N-ethyl adjacent to an activating group) is 1. The van der Waals surface area contributed by atoms with Gasteiger partial charge in [0, 0.05) is 0 Å². The SMILES string of the molecule is Cn1nnc(CNC(=O)C(CCCCN)NC(=O)C[N+](C)(C)C)n1. The lowest BCUT2D eigenvalue weighted by Crippen LogP contribution is -2.51. The molecule has 10 heteroatoms. The van der Waals surface area contributed by atoms with Gasteiger partial charge in [0.25, 0.3) is 5.91 Å². The predicted octanol–water partition coefficient (Wildman–Crippen LogP) is -1.85. The van der Waals surface area contributed by atoms with Crippen LogP contribution in [0.1, 0.15) is 25.1 Å². The van der Waals surface area contributed by atoms with Crippen molar-refractivity contribution in [2.75, 3.05) is 34.2 Å². The quantitative estimate of drug-likeness (QED) is 0.338. The van der Waals surface area contributed by atoms with Crippen LogP contribution in [0.25, 0.3) is 0 Å². The molecule has 1 rings (SSSR count). The number of hydrogen-bond donors (Lipinski definition) is 3. The molecule has 0 aromatic carbocycles. The van der Waals surface area contributed by atoms with Crippen molar-refractivity contribution in [1.29, 1.82) is 0 Å². The Kier molecular flexibility index (Phi) is 7.72. The number of carbonyl (C=O) groups excluding carboxylic acids is 2. The molecule has 0 aliphatic heterocycles. The average Bonchev–Trinajstić information content (AvgIpc) is 2.87. The molecular weight excluding hydrogens is 312 g/mol. The molecular formula is C14H29N8O2+. The van der Waals surface area contributed by atoms with Crippen LogP contribution in [-0.2, 0) is 23.2 Å². The van der Waals surface area contributed by atoms with Crippen LogP contribution in [0.3, 0.4) is 0 Å². The number of tetrazole rings is 1. The number of aryl methyl sites for hydroxylation is 1. The number of amides is 2. The highest BCUT2D eigenvalue weighted by Crippen LogP contribution is 2.02. The van der Waals surface area contributed by atoms with Crippen LogP contribution in [0.2, 0.25) is 0 Å². The summed E-state index contributed by atoms with van der Waals surface area (Å²) < 4.78 is 0.493. The third kappa shape index (κ3) is 7.97. The number of nitrogens with one attached hydrogen (secondary N) is 2. The van der Waals surface area contributed by atoms with E-state index in [-0.39, 0.29) is 18.4 Å². The topological polar surface area (TPSA) is 128 Å². The smallest absolute Gasteiger partial charge is 0.275 e. The van der Waals surface area contributed by atoms with Crippen LogP contribution in [0.15, 0.2) is 0 Å². The van der Waals surface area contributed by atoms with E-state index in [0.717, 1.165) is 12.8 Å². The molecule has 24 heavy (non-hydrogen) atoms. The molecule has 1 heterocycles. The summed E-state index contributed by atoms with van der Waals surface area (Å²) in [7, 11) is 7.41. The first-order valence-corrected chi connectivity index (χ1v) is 8.02. The zero-order valence-corrected chi connectivity index (χ0v) is 14.9. The van der Waals surface area contributed by atoms with E-state index in [0.29, 0.717) is 29.8 Å². The number of nitrogens with zero attached hydrogens (tertiary/aromatic N) is 5. The van der Waals surface area contributed by atoms with Gasteiger partial charge < -0.3 is 20.9 Å². The Morgan fingerprint density at radius 2 is 2.00 bits per heavy atom. The number of rotatable bonds is 10. The molecule has 0 radical (unpaired) electrons. The van der Waals surface area contributed by atoms with E-state index in [9.17, 15) is 9.59 Å². The van der Waals surface area contributed by atoms with Crippen molar-refractivity contribution in [3.05, 3.63) is 5.82 Å². The molecule has 0 fully saturated rings. The first-order valence-electron chi connectivity index (χ1n) is 8.02. The molecule has 0 saturated carbocycles. The second-order valence-corrected chi connectivity index (χ2v) is 6.77. The first kappa shape index (κ1) is 20.0. The van der Waals surface area contributed by atoms with Crippen molar-refractivity contribution in [1.82, 2.24) is 30.8 Å². The molecule has 1 unspecified atom stereocenters. The Hall–Kier alpha value is -2.07. The van der Waals surface area contributed by atoms with Gasteiger partial charge in [0.15, 0.2) is 12.4 Å². The van der Waals surface area contributed by atoms with Crippen molar-refractivity contribution < 1.29 is 14.1 Å². The summed E-state index contributed by atoms with van der Waals surface area (Å²) in [4.78, 5) is 25.8. The summed E-state index contributed by atoms with van der Waals surface area (Å²) in [6.07, 6.45) is 2.11. The van der Waals surface area contributed by atoms with Crippen LogP contribution in [0, 0.1) is 0 Å². The third-order valence-corrected chi connectivity index (χ3v) is 3.19. The monoisotopic (exact) mass is 341 g/mol. The number of quaternary nitrogens is 1. The minimum absolute atomic E-state index is 0.159. The van der Waals surface area contributed by atoms with Gasteiger partial charge in [-0.3, -0.25) is 9.59 Å². The van der Waals surface area contributed by atoms with Gasteiger partial charge in [-0.15, -0.1) is 10.2 Å². The number of hydrogen-bond acceptors (Lipinski definition) is 6. The minimum atomic E-state index is -0.590. The average molecular weight is 341 g/mol. The lowest BCUT2D eigenvalue weighted by molar-refractivity contribution is -0.862. The number of unbranched alkanes of at least 4 members (excludes halogenated alkanes) is 1. The van der Waals surface area contributed by atoms with Crippen LogP contribution < -0.4 is 16.4 Å². The zero-order valence-electron chi connectivity index (χ0n) is 14.9. The van der Waals surface area contributed by atoms with E-state index in [4.69, 9.17) is 5.73 Å². The van der Waals surface area contributed by atoms with E-state index in [1.54, 1.807) is 7.05 Å². The van der Waals surface area contributed by atoms with Crippen LogP contribution >= 0.6 is 0 Å². The van der Waals surface area contributed by atoms with Crippen LogP contribution in [-0.4, -0.2) is 76.8 Å². The summed E-state index contributed by atoms with van der Waals surface area (Å²) in [6.45, 7) is 1.03. The maximum Gasteiger partial charge on any atom is 0.275 e. The van der Waals surface area contributed by atoms with E-state index < -0.39 is 6.04 Å². The summed E-state index contributed by atoms with van der Waals surface area (Å²) in [5, 5.41) is 17.1. The van der Waals surface area contributed by atoms with Gasteiger partial charge in [-0.1, -0.05) is 0 Å². The van der Waals surface area contributed by atoms with Crippen LogP contribution in [0.5, 0.6) is 0 Å². The molecule has 4 N–H and O–H groups in total. The largest absolute Gasteiger partial charge is 0.347 e. The van der Waals surface area contributed by atoms with E-state index in [2.05, 4.69) is 26.0 Å². The lowest BCUT2D eigenvalue weighted by atomic mass is 10.1. The molecule has 1 aromatic rings. The molecule has 1 atom stereocenters. The molecule has 0 spiro atoms.